The van der Waals surface area contributed by atoms with Gasteiger partial charge in [-0.05, 0) is 18.9 Å². The number of carbonyl (C=O) groups is 1. The first-order valence-corrected chi connectivity index (χ1v) is 4.23. The van der Waals surface area contributed by atoms with E-state index in [1.54, 1.807) is 0 Å². The Balaban J connectivity index is 2.38. The van der Waals surface area contributed by atoms with Gasteiger partial charge in [0, 0.05) is 18.8 Å². The smallest absolute Gasteiger partial charge is 0.250 e. The van der Waals surface area contributed by atoms with Crippen molar-refractivity contribution >= 4 is 5.91 Å². The van der Waals surface area contributed by atoms with Crippen molar-refractivity contribution in [1.82, 2.24) is 4.90 Å². The zero-order valence-electron chi connectivity index (χ0n) is 6.92. The van der Waals surface area contributed by atoms with E-state index in [0.717, 1.165) is 31.6 Å². The van der Waals surface area contributed by atoms with E-state index in [-0.39, 0.29) is 5.91 Å². The molecule has 12 heavy (non-hydrogen) atoms. The van der Waals surface area contributed by atoms with Crippen molar-refractivity contribution in [3.8, 4) is 0 Å². The Bertz CT molecular complexity index is 278. The second-order valence-electron chi connectivity index (χ2n) is 3.18. The van der Waals surface area contributed by atoms with Gasteiger partial charge in [0.05, 0.1) is 5.57 Å². The molecule has 0 spiro atoms. The predicted octanol–water partition coefficient (Wildman–Crippen LogP) is 0.391. The summed E-state index contributed by atoms with van der Waals surface area (Å²) in [6, 6.07) is 0. The van der Waals surface area contributed by atoms with Gasteiger partial charge in [0.25, 0.3) is 0 Å². The Morgan fingerprint density at radius 2 is 2.42 bits per heavy atom. The number of nitrogens with zero attached hydrogens (tertiary/aromatic N) is 1. The molecule has 0 unspecified atom stereocenters. The number of rotatable bonds is 1. The van der Waals surface area contributed by atoms with E-state index in [4.69, 9.17) is 5.73 Å². The fourth-order valence-corrected chi connectivity index (χ4v) is 1.86. The summed E-state index contributed by atoms with van der Waals surface area (Å²) in [4.78, 5) is 13.2. The molecular formula is C9H12N2O. The summed E-state index contributed by atoms with van der Waals surface area (Å²) >= 11 is 0. The van der Waals surface area contributed by atoms with Crippen LogP contribution >= 0.6 is 0 Å². The lowest BCUT2D eigenvalue weighted by Gasteiger charge is -2.22. The highest BCUT2D eigenvalue weighted by Crippen LogP contribution is 2.27. The van der Waals surface area contributed by atoms with Crippen molar-refractivity contribution in [3.05, 3.63) is 23.4 Å². The number of fused-ring (bicyclic) bond motifs is 1. The van der Waals surface area contributed by atoms with Crippen molar-refractivity contribution in [3.63, 3.8) is 0 Å². The third-order valence-electron chi connectivity index (χ3n) is 2.41. The molecule has 2 N–H and O–H groups in total. The Labute approximate surface area is 71.5 Å². The Morgan fingerprint density at radius 1 is 1.58 bits per heavy atom. The first-order chi connectivity index (χ1) is 5.79. The molecule has 0 aromatic carbocycles. The Kier molecular flexibility index (Phi) is 1.64. The van der Waals surface area contributed by atoms with Gasteiger partial charge in [-0.1, -0.05) is 6.08 Å². The van der Waals surface area contributed by atoms with Crippen LogP contribution in [0.1, 0.15) is 12.8 Å². The van der Waals surface area contributed by atoms with Gasteiger partial charge in [-0.25, -0.2) is 0 Å². The molecule has 2 rings (SSSR count). The summed E-state index contributed by atoms with van der Waals surface area (Å²) in [6.07, 6.45) is 5.99. The molecule has 3 nitrogen and oxygen atoms in total. The first kappa shape index (κ1) is 7.40. The molecule has 2 aliphatic rings. The topological polar surface area (TPSA) is 46.3 Å². The molecule has 0 bridgehead atoms. The van der Waals surface area contributed by atoms with Gasteiger partial charge in [-0.15, -0.1) is 0 Å². The lowest BCUT2D eigenvalue weighted by Crippen LogP contribution is -2.26. The van der Waals surface area contributed by atoms with Gasteiger partial charge in [0.2, 0.25) is 5.91 Å². The van der Waals surface area contributed by atoms with Crippen molar-refractivity contribution in [2.75, 3.05) is 13.1 Å². The SMILES string of the molecule is NC(=O)C1=C2CCCN2CC=C1. The minimum absolute atomic E-state index is 0.298. The lowest BCUT2D eigenvalue weighted by atomic mass is 10.1. The summed E-state index contributed by atoms with van der Waals surface area (Å²) in [5.74, 6) is -0.298. The van der Waals surface area contributed by atoms with E-state index >= 15 is 0 Å². The highest BCUT2D eigenvalue weighted by Gasteiger charge is 2.23. The maximum absolute atomic E-state index is 11.0. The number of amides is 1. The van der Waals surface area contributed by atoms with Gasteiger partial charge in [0.1, 0.15) is 0 Å². The van der Waals surface area contributed by atoms with Crippen molar-refractivity contribution in [2.45, 2.75) is 12.8 Å². The number of hydrogen-bond donors (Lipinski definition) is 1. The average molecular weight is 164 g/mol. The molecule has 64 valence electrons. The molecule has 2 heterocycles. The molecule has 0 aromatic rings. The number of hydrogen-bond acceptors (Lipinski definition) is 2. The van der Waals surface area contributed by atoms with Gasteiger partial charge in [-0.2, -0.15) is 0 Å². The van der Waals surface area contributed by atoms with E-state index in [2.05, 4.69) is 4.90 Å². The van der Waals surface area contributed by atoms with Crippen molar-refractivity contribution in [2.24, 2.45) is 5.73 Å². The predicted molar refractivity (Wildman–Crippen MR) is 46.2 cm³/mol. The van der Waals surface area contributed by atoms with Crippen LogP contribution in [0, 0.1) is 0 Å². The van der Waals surface area contributed by atoms with Crippen LogP contribution in [0.2, 0.25) is 0 Å². The monoisotopic (exact) mass is 164 g/mol. The summed E-state index contributed by atoms with van der Waals surface area (Å²) in [5, 5.41) is 0. The number of carbonyl (C=O) groups excluding carboxylic acids is 1. The van der Waals surface area contributed by atoms with Crippen LogP contribution in [-0.4, -0.2) is 23.9 Å². The van der Waals surface area contributed by atoms with Crippen LogP contribution in [0.3, 0.4) is 0 Å². The fraction of sp³-hybridized carbons (Fsp3) is 0.444. The van der Waals surface area contributed by atoms with Gasteiger partial charge < -0.3 is 10.6 Å². The normalized spacial score (nSPS) is 21.5. The molecule has 0 aliphatic carbocycles. The summed E-state index contributed by atoms with van der Waals surface area (Å²) < 4.78 is 0. The number of allylic oxidation sites excluding steroid dienone is 1. The fourth-order valence-electron chi connectivity index (χ4n) is 1.86. The van der Waals surface area contributed by atoms with Crippen LogP contribution < -0.4 is 5.73 Å². The van der Waals surface area contributed by atoms with E-state index in [1.165, 1.54) is 0 Å². The molecule has 1 fully saturated rings. The van der Waals surface area contributed by atoms with Gasteiger partial charge >= 0.3 is 0 Å². The van der Waals surface area contributed by atoms with Crippen LogP contribution in [0.4, 0.5) is 0 Å². The molecule has 2 aliphatic heterocycles. The van der Waals surface area contributed by atoms with Crippen molar-refractivity contribution in [1.29, 1.82) is 0 Å². The second-order valence-corrected chi connectivity index (χ2v) is 3.18. The Hall–Kier alpha value is -1.25. The minimum Gasteiger partial charge on any atom is -0.370 e. The lowest BCUT2D eigenvalue weighted by molar-refractivity contribution is -0.114. The zero-order chi connectivity index (χ0) is 8.55. The standard InChI is InChI=1S/C9H12N2O/c10-9(12)7-3-1-5-11-6-2-4-8(7)11/h1,3H,2,4-6H2,(H2,10,12). The molecule has 1 amide bonds. The third kappa shape index (κ3) is 1.02. The van der Waals surface area contributed by atoms with Crippen LogP contribution in [0.25, 0.3) is 0 Å². The molecule has 0 atom stereocenters. The van der Waals surface area contributed by atoms with Gasteiger partial charge in [-0.3, -0.25) is 4.79 Å². The van der Waals surface area contributed by atoms with E-state index in [1.807, 2.05) is 12.2 Å². The third-order valence-corrected chi connectivity index (χ3v) is 2.41. The maximum atomic E-state index is 11.0. The van der Waals surface area contributed by atoms with Gasteiger partial charge in [0.15, 0.2) is 0 Å². The molecular weight excluding hydrogens is 152 g/mol. The highest BCUT2D eigenvalue weighted by molar-refractivity contribution is 5.95. The molecule has 0 radical (unpaired) electrons. The maximum Gasteiger partial charge on any atom is 0.250 e. The largest absolute Gasteiger partial charge is 0.370 e. The number of nitrogens with two attached hydrogens (primary N) is 1. The molecule has 0 aromatic heterocycles. The summed E-state index contributed by atoms with van der Waals surface area (Å²) in [7, 11) is 0. The quantitative estimate of drug-likeness (QED) is 0.609. The van der Waals surface area contributed by atoms with E-state index in [9.17, 15) is 4.79 Å². The van der Waals surface area contributed by atoms with Crippen molar-refractivity contribution < 1.29 is 4.79 Å². The molecule has 3 heteroatoms. The van der Waals surface area contributed by atoms with E-state index in [0.29, 0.717) is 5.57 Å². The zero-order valence-corrected chi connectivity index (χ0v) is 6.92. The minimum atomic E-state index is -0.298. The molecule has 1 saturated heterocycles. The Morgan fingerprint density at radius 3 is 3.17 bits per heavy atom. The van der Waals surface area contributed by atoms with Crippen LogP contribution in [0.15, 0.2) is 23.4 Å². The molecule has 0 saturated carbocycles. The number of primary amides is 1. The highest BCUT2D eigenvalue weighted by atomic mass is 16.1. The summed E-state index contributed by atoms with van der Waals surface area (Å²) in [6.45, 7) is 2.00. The summed E-state index contributed by atoms with van der Waals surface area (Å²) in [5.41, 5.74) is 7.10. The first-order valence-electron chi connectivity index (χ1n) is 4.23. The second kappa shape index (κ2) is 2.66. The van der Waals surface area contributed by atoms with Crippen LogP contribution in [-0.2, 0) is 4.79 Å². The van der Waals surface area contributed by atoms with E-state index < -0.39 is 0 Å². The average Bonchev–Trinajstić information content (AvgIpc) is 2.49. The van der Waals surface area contributed by atoms with Crippen LogP contribution in [0.5, 0.6) is 0 Å².